The third-order valence-corrected chi connectivity index (χ3v) is 3.28. The Morgan fingerprint density at radius 2 is 2.00 bits per heavy atom. The summed E-state index contributed by atoms with van der Waals surface area (Å²) in [5.74, 6) is -1.75. The van der Waals surface area contributed by atoms with Gasteiger partial charge in [-0.15, -0.1) is 0 Å². The van der Waals surface area contributed by atoms with Crippen LogP contribution in [0.3, 0.4) is 0 Å². The Labute approximate surface area is 129 Å². The van der Waals surface area contributed by atoms with Crippen LogP contribution in [0.5, 0.6) is 0 Å². The van der Waals surface area contributed by atoms with Crippen LogP contribution in [0.4, 0.5) is 10.5 Å². The summed E-state index contributed by atoms with van der Waals surface area (Å²) in [4.78, 5) is 33.8. The van der Waals surface area contributed by atoms with Gasteiger partial charge < -0.3 is 20.5 Å². The molecule has 0 aliphatic heterocycles. The average Bonchev–Trinajstić information content (AvgIpc) is 2.45. The summed E-state index contributed by atoms with van der Waals surface area (Å²) in [5.41, 5.74) is 0.507. The Balaban J connectivity index is 2.58. The van der Waals surface area contributed by atoms with E-state index in [0.29, 0.717) is 10.2 Å². The quantitative estimate of drug-likeness (QED) is 0.674. The van der Waals surface area contributed by atoms with Gasteiger partial charge in [-0.3, -0.25) is 4.79 Å². The van der Waals surface area contributed by atoms with Crippen molar-refractivity contribution in [3.8, 4) is 0 Å². The van der Waals surface area contributed by atoms with E-state index in [2.05, 4.69) is 31.3 Å². The zero-order valence-corrected chi connectivity index (χ0v) is 12.8. The number of methoxy groups -OCH3 is 1. The number of amides is 2. The molecule has 0 bridgehead atoms. The van der Waals surface area contributed by atoms with Crippen LogP contribution in [0.2, 0.25) is 0 Å². The van der Waals surface area contributed by atoms with Gasteiger partial charge in [-0.1, -0.05) is 12.1 Å². The molecule has 1 aromatic rings. The zero-order chi connectivity index (χ0) is 15.8. The minimum atomic E-state index is -1.22. The number of hydrogen-bond donors (Lipinski definition) is 3. The largest absolute Gasteiger partial charge is 0.480 e. The average molecular weight is 359 g/mol. The number of ether oxygens (including phenoxy) is 1. The number of carboxylic acid groups (broad SMARTS) is 1. The molecular formula is C13H15BrN2O5. The van der Waals surface area contributed by atoms with Gasteiger partial charge in [-0.25, -0.2) is 9.59 Å². The van der Waals surface area contributed by atoms with Gasteiger partial charge in [0.2, 0.25) is 0 Å². The summed E-state index contributed by atoms with van der Waals surface area (Å²) in [6.07, 6.45) is -0.145. The van der Waals surface area contributed by atoms with Crippen molar-refractivity contribution in [3.63, 3.8) is 0 Å². The number of para-hydroxylation sites is 1. The molecule has 8 heteroatoms. The van der Waals surface area contributed by atoms with E-state index in [4.69, 9.17) is 5.11 Å². The second-order valence-corrected chi connectivity index (χ2v) is 4.94. The molecule has 21 heavy (non-hydrogen) atoms. The molecule has 3 N–H and O–H groups in total. The first-order valence-electron chi connectivity index (χ1n) is 6.05. The number of halogens is 1. The monoisotopic (exact) mass is 358 g/mol. The molecule has 1 rings (SSSR count). The number of rotatable bonds is 6. The number of carboxylic acids is 1. The highest BCUT2D eigenvalue weighted by molar-refractivity contribution is 9.10. The van der Waals surface area contributed by atoms with Crippen LogP contribution in [-0.2, 0) is 14.3 Å². The van der Waals surface area contributed by atoms with Gasteiger partial charge in [-0.05, 0) is 34.5 Å². The summed E-state index contributed by atoms with van der Waals surface area (Å²) in [7, 11) is 1.21. The maximum absolute atomic E-state index is 11.8. The molecular weight excluding hydrogens is 344 g/mol. The van der Waals surface area contributed by atoms with Crippen LogP contribution in [0.1, 0.15) is 12.8 Å². The van der Waals surface area contributed by atoms with Crippen LogP contribution in [-0.4, -0.2) is 36.2 Å². The number of benzene rings is 1. The molecule has 0 radical (unpaired) electrons. The van der Waals surface area contributed by atoms with Crippen molar-refractivity contribution in [1.82, 2.24) is 5.32 Å². The fraction of sp³-hybridized carbons (Fsp3) is 0.308. The number of nitrogens with one attached hydrogen (secondary N) is 2. The Morgan fingerprint density at radius 1 is 1.33 bits per heavy atom. The normalized spacial score (nSPS) is 11.3. The number of hydrogen-bond acceptors (Lipinski definition) is 4. The van der Waals surface area contributed by atoms with Crippen molar-refractivity contribution < 1.29 is 24.2 Å². The van der Waals surface area contributed by atoms with Crippen LogP contribution < -0.4 is 10.6 Å². The van der Waals surface area contributed by atoms with E-state index in [0.717, 1.165) is 0 Å². The summed E-state index contributed by atoms with van der Waals surface area (Å²) in [6, 6.07) is 5.07. The molecule has 0 aromatic heterocycles. The number of carbonyl (C=O) groups excluding carboxylic acids is 2. The second-order valence-electron chi connectivity index (χ2n) is 4.08. The molecule has 0 aliphatic rings. The minimum Gasteiger partial charge on any atom is -0.480 e. The fourth-order valence-electron chi connectivity index (χ4n) is 1.50. The van der Waals surface area contributed by atoms with Crippen molar-refractivity contribution in [2.45, 2.75) is 18.9 Å². The van der Waals surface area contributed by atoms with Gasteiger partial charge in [0, 0.05) is 10.9 Å². The molecule has 114 valence electrons. The second kappa shape index (κ2) is 8.25. The Kier molecular flexibility index (Phi) is 6.67. The van der Waals surface area contributed by atoms with Crippen LogP contribution >= 0.6 is 15.9 Å². The number of esters is 1. The first kappa shape index (κ1) is 17.0. The molecule has 0 unspecified atom stereocenters. The van der Waals surface area contributed by atoms with Gasteiger partial charge in [0.1, 0.15) is 6.04 Å². The lowest BCUT2D eigenvalue weighted by molar-refractivity contribution is -0.142. The van der Waals surface area contributed by atoms with Crippen LogP contribution in [0, 0.1) is 0 Å². The van der Waals surface area contributed by atoms with Crippen molar-refractivity contribution >= 4 is 39.6 Å². The van der Waals surface area contributed by atoms with E-state index in [9.17, 15) is 14.4 Å². The maximum Gasteiger partial charge on any atom is 0.326 e. The first-order chi connectivity index (χ1) is 9.93. The van der Waals surface area contributed by atoms with Gasteiger partial charge in [0.05, 0.1) is 12.8 Å². The fourth-order valence-corrected chi connectivity index (χ4v) is 1.88. The molecule has 0 saturated heterocycles. The lowest BCUT2D eigenvalue weighted by Crippen LogP contribution is -2.43. The number of carbonyl (C=O) groups is 3. The smallest absolute Gasteiger partial charge is 0.326 e. The molecule has 7 nitrogen and oxygen atoms in total. The van der Waals surface area contributed by atoms with Gasteiger partial charge >= 0.3 is 18.0 Å². The Morgan fingerprint density at radius 3 is 2.57 bits per heavy atom. The number of anilines is 1. The molecule has 0 fully saturated rings. The summed E-state index contributed by atoms with van der Waals surface area (Å²) < 4.78 is 5.10. The van der Waals surface area contributed by atoms with E-state index < -0.39 is 24.0 Å². The highest BCUT2D eigenvalue weighted by Gasteiger charge is 2.21. The van der Waals surface area contributed by atoms with E-state index in [1.165, 1.54) is 7.11 Å². The Hall–Kier alpha value is -2.09. The van der Waals surface area contributed by atoms with E-state index in [1.54, 1.807) is 24.3 Å². The van der Waals surface area contributed by atoms with Crippen molar-refractivity contribution in [2.24, 2.45) is 0 Å². The first-order valence-corrected chi connectivity index (χ1v) is 6.85. The molecule has 0 aliphatic carbocycles. The van der Waals surface area contributed by atoms with Crippen molar-refractivity contribution in [1.29, 1.82) is 0 Å². The topological polar surface area (TPSA) is 105 Å². The molecule has 0 spiro atoms. The minimum absolute atomic E-state index is 0.0502. The standard InChI is InChI=1S/C13H15BrN2O5/c1-21-11(17)7-6-10(12(18)19)16-13(20)15-9-5-3-2-4-8(9)14/h2-5,10H,6-7H2,1H3,(H,18,19)(H2,15,16,20)/t10-/m0/s1. The lowest BCUT2D eigenvalue weighted by atomic mass is 10.1. The zero-order valence-electron chi connectivity index (χ0n) is 11.3. The van der Waals surface area contributed by atoms with E-state index in [-0.39, 0.29) is 12.8 Å². The van der Waals surface area contributed by atoms with Gasteiger partial charge in [0.15, 0.2) is 0 Å². The number of aliphatic carboxylic acids is 1. The summed E-state index contributed by atoms with van der Waals surface area (Å²) >= 11 is 3.26. The predicted molar refractivity (Wildman–Crippen MR) is 79.0 cm³/mol. The third-order valence-electron chi connectivity index (χ3n) is 2.59. The Bertz CT molecular complexity index is 535. The van der Waals surface area contributed by atoms with Crippen LogP contribution in [0.15, 0.2) is 28.7 Å². The third kappa shape index (κ3) is 5.82. The molecule has 0 saturated carbocycles. The van der Waals surface area contributed by atoms with Crippen LogP contribution in [0.25, 0.3) is 0 Å². The summed E-state index contributed by atoms with van der Waals surface area (Å²) in [5, 5.41) is 13.8. The molecule has 1 atom stereocenters. The maximum atomic E-state index is 11.8. The lowest BCUT2D eigenvalue weighted by Gasteiger charge is -2.15. The molecule has 1 aromatic carbocycles. The predicted octanol–water partition coefficient (Wildman–Crippen LogP) is 1.98. The SMILES string of the molecule is COC(=O)CC[C@H](NC(=O)Nc1ccccc1Br)C(=O)O. The number of urea groups is 1. The van der Waals surface area contributed by atoms with Gasteiger partial charge in [-0.2, -0.15) is 0 Å². The highest BCUT2D eigenvalue weighted by atomic mass is 79.9. The highest BCUT2D eigenvalue weighted by Crippen LogP contribution is 2.20. The van der Waals surface area contributed by atoms with Crippen molar-refractivity contribution in [2.75, 3.05) is 12.4 Å². The molecule has 0 heterocycles. The van der Waals surface area contributed by atoms with Crippen molar-refractivity contribution in [3.05, 3.63) is 28.7 Å². The van der Waals surface area contributed by atoms with Gasteiger partial charge in [0.25, 0.3) is 0 Å². The van der Waals surface area contributed by atoms with E-state index >= 15 is 0 Å². The summed E-state index contributed by atoms with van der Waals surface area (Å²) in [6.45, 7) is 0. The molecule has 2 amide bonds. The van der Waals surface area contributed by atoms with E-state index in [1.807, 2.05) is 0 Å².